The number of benzene rings is 1. The van der Waals surface area contributed by atoms with Crippen LogP contribution in [-0.2, 0) is 16.1 Å². The Kier molecular flexibility index (Phi) is 3.93. The zero-order valence-electron chi connectivity index (χ0n) is 10.2. The van der Waals surface area contributed by atoms with E-state index in [2.05, 4.69) is 0 Å². The summed E-state index contributed by atoms with van der Waals surface area (Å²) < 4.78 is 18.6. The van der Waals surface area contributed by atoms with Crippen LogP contribution < -0.4 is 0 Å². The fraction of sp³-hybridized carbons (Fsp3) is 0.462. The molecule has 1 fully saturated rings. The fourth-order valence-corrected chi connectivity index (χ4v) is 2.02. The first-order valence-corrected chi connectivity index (χ1v) is 5.87. The molecule has 0 bridgehead atoms. The summed E-state index contributed by atoms with van der Waals surface area (Å²) in [6.07, 6.45) is 0. The Morgan fingerprint density at radius 3 is 3.06 bits per heavy atom. The summed E-state index contributed by atoms with van der Waals surface area (Å²) in [6.45, 7) is 3.37. The number of aryl methyl sites for hydroxylation is 1. The molecule has 1 saturated heterocycles. The smallest absolute Gasteiger partial charge is 0.323 e. The summed E-state index contributed by atoms with van der Waals surface area (Å²) in [6, 6.07) is 4.35. The average Bonchev–Trinajstić information content (AvgIpc) is 2.34. The zero-order valence-corrected chi connectivity index (χ0v) is 10.2. The molecule has 5 heteroatoms. The van der Waals surface area contributed by atoms with Crippen molar-refractivity contribution in [1.82, 2.24) is 4.90 Å². The Labute approximate surface area is 105 Å². The molecule has 1 atom stereocenters. The minimum atomic E-state index is -0.901. The van der Waals surface area contributed by atoms with Gasteiger partial charge >= 0.3 is 5.97 Å². The van der Waals surface area contributed by atoms with Crippen LogP contribution in [0.15, 0.2) is 18.2 Å². The van der Waals surface area contributed by atoms with Crippen LogP contribution in [-0.4, -0.2) is 41.8 Å². The van der Waals surface area contributed by atoms with E-state index < -0.39 is 12.0 Å². The number of rotatable bonds is 3. The number of hydrogen-bond acceptors (Lipinski definition) is 3. The first-order chi connectivity index (χ1) is 8.58. The van der Waals surface area contributed by atoms with Crippen molar-refractivity contribution in [3.05, 3.63) is 35.1 Å². The third-order valence-electron chi connectivity index (χ3n) is 3.15. The molecule has 1 heterocycles. The molecule has 4 nitrogen and oxygen atoms in total. The molecule has 1 aliphatic heterocycles. The maximum Gasteiger partial charge on any atom is 0.323 e. The van der Waals surface area contributed by atoms with Crippen molar-refractivity contribution in [2.24, 2.45) is 0 Å². The van der Waals surface area contributed by atoms with Gasteiger partial charge in [0.25, 0.3) is 0 Å². The van der Waals surface area contributed by atoms with E-state index in [1.807, 2.05) is 6.07 Å². The van der Waals surface area contributed by atoms with E-state index in [0.29, 0.717) is 25.3 Å². The lowest BCUT2D eigenvalue weighted by molar-refractivity contribution is -0.150. The van der Waals surface area contributed by atoms with E-state index >= 15 is 0 Å². The normalized spacial score (nSPS) is 20.9. The summed E-state index contributed by atoms with van der Waals surface area (Å²) in [4.78, 5) is 12.9. The molecule has 1 aromatic rings. The van der Waals surface area contributed by atoms with Gasteiger partial charge in [-0.3, -0.25) is 9.69 Å². The maximum absolute atomic E-state index is 13.4. The predicted octanol–water partition coefficient (Wildman–Crippen LogP) is 1.42. The molecule has 98 valence electrons. The number of aliphatic carboxylic acids is 1. The van der Waals surface area contributed by atoms with Crippen molar-refractivity contribution in [1.29, 1.82) is 0 Å². The van der Waals surface area contributed by atoms with E-state index in [1.54, 1.807) is 17.9 Å². The number of hydrogen-bond donors (Lipinski definition) is 1. The maximum atomic E-state index is 13.4. The third kappa shape index (κ3) is 2.86. The molecule has 0 aliphatic carbocycles. The molecule has 0 aromatic heterocycles. The Hall–Kier alpha value is -1.46. The lowest BCUT2D eigenvalue weighted by Gasteiger charge is -2.32. The lowest BCUT2D eigenvalue weighted by atomic mass is 10.1. The van der Waals surface area contributed by atoms with E-state index in [9.17, 15) is 9.18 Å². The summed E-state index contributed by atoms with van der Waals surface area (Å²) in [5.74, 6) is -1.16. The van der Waals surface area contributed by atoms with Gasteiger partial charge in [0, 0.05) is 13.1 Å². The second-order valence-electron chi connectivity index (χ2n) is 4.48. The molecule has 18 heavy (non-hydrogen) atoms. The summed E-state index contributed by atoms with van der Waals surface area (Å²) in [5.41, 5.74) is 1.38. The van der Waals surface area contributed by atoms with E-state index in [1.165, 1.54) is 6.07 Å². The van der Waals surface area contributed by atoms with E-state index in [-0.39, 0.29) is 12.4 Å². The van der Waals surface area contributed by atoms with E-state index in [4.69, 9.17) is 9.84 Å². The van der Waals surface area contributed by atoms with Crippen LogP contribution >= 0.6 is 0 Å². The van der Waals surface area contributed by atoms with Gasteiger partial charge in [0.2, 0.25) is 0 Å². The highest BCUT2D eigenvalue weighted by Gasteiger charge is 2.29. The van der Waals surface area contributed by atoms with Crippen LogP contribution in [0.3, 0.4) is 0 Å². The molecule has 0 saturated carbocycles. The monoisotopic (exact) mass is 253 g/mol. The van der Waals surface area contributed by atoms with Crippen LogP contribution in [0.2, 0.25) is 0 Å². The van der Waals surface area contributed by atoms with Crippen molar-refractivity contribution in [2.45, 2.75) is 19.5 Å². The van der Waals surface area contributed by atoms with Gasteiger partial charge in [0.1, 0.15) is 11.9 Å². The predicted molar refractivity (Wildman–Crippen MR) is 63.8 cm³/mol. The highest BCUT2D eigenvalue weighted by atomic mass is 19.1. The van der Waals surface area contributed by atoms with Crippen molar-refractivity contribution < 1.29 is 19.0 Å². The summed E-state index contributed by atoms with van der Waals surface area (Å²) >= 11 is 0. The van der Waals surface area contributed by atoms with E-state index in [0.717, 1.165) is 5.56 Å². The largest absolute Gasteiger partial charge is 0.480 e. The van der Waals surface area contributed by atoms with Crippen LogP contribution in [0.5, 0.6) is 0 Å². The van der Waals surface area contributed by atoms with Gasteiger partial charge in [-0.1, -0.05) is 12.1 Å². The van der Waals surface area contributed by atoms with Crippen LogP contribution in [0.1, 0.15) is 11.1 Å². The third-order valence-corrected chi connectivity index (χ3v) is 3.15. The van der Waals surface area contributed by atoms with Crippen LogP contribution in [0.25, 0.3) is 0 Å². The number of carboxylic acid groups (broad SMARTS) is 1. The quantitative estimate of drug-likeness (QED) is 0.885. The van der Waals surface area contributed by atoms with Crippen molar-refractivity contribution in [3.8, 4) is 0 Å². The highest BCUT2D eigenvalue weighted by molar-refractivity contribution is 5.73. The Morgan fingerprint density at radius 1 is 1.61 bits per heavy atom. The number of halogens is 1. The second kappa shape index (κ2) is 5.46. The molecule has 2 rings (SSSR count). The number of carboxylic acids is 1. The molecule has 0 radical (unpaired) electrons. The first-order valence-electron chi connectivity index (χ1n) is 5.87. The van der Waals surface area contributed by atoms with Crippen molar-refractivity contribution in [2.75, 3.05) is 19.8 Å². The molecule has 1 aliphatic rings. The lowest BCUT2D eigenvalue weighted by Crippen LogP contribution is -2.49. The number of carbonyl (C=O) groups is 1. The molecular formula is C13H16FNO3. The number of ether oxygens (including phenoxy) is 1. The number of nitrogens with zero attached hydrogens (tertiary/aromatic N) is 1. The summed E-state index contributed by atoms with van der Waals surface area (Å²) in [5, 5.41) is 9.09. The van der Waals surface area contributed by atoms with Gasteiger partial charge in [0.05, 0.1) is 13.2 Å². The van der Waals surface area contributed by atoms with Crippen molar-refractivity contribution >= 4 is 5.97 Å². The first kappa shape index (κ1) is 13.0. The van der Waals surface area contributed by atoms with Gasteiger partial charge in [-0.15, -0.1) is 0 Å². The summed E-state index contributed by atoms with van der Waals surface area (Å²) in [7, 11) is 0. The highest BCUT2D eigenvalue weighted by Crippen LogP contribution is 2.15. The Morgan fingerprint density at radius 2 is 2.39 bits per heavy atom. The minimum absolute atomic E-state index is 0.184. The molecule has 0 spiro atoms. The van der Waals surface area contributed by atoms with Gasteiger partial charge < -0.3 is 9.84 Å². The van der Waals surface area contributed by atoms with Gasteiger partial charge in [-0.05, 0) is 24.1 Å². The SMILES string of the molecule is Cc1ccc(CN2CCOCC2C(=O)O)cc1F. The van der Waals surface area contributed by atoms with Crippen LogP contribution in [0, 0.1) is 12.7 Å². The average molecular weight is 253 g/mol. The molecule has 0 amide bonds. The topological polar surface area (TPSA) is 49.8 Å². The van der Waals surface area contributed by atoms with Crippen LogP contribution in [0.4, 0.5) is 4.39 Å². The molecule has 1 unspecified atom stereocenters. The minimum Gasteiger partial charge on any atom is -0.480 e. The zero-order chi connectivity index (χ0) is 13.1. The Bertz CT molecular complexity index is 450. The fourth-order valence-electron chi connectivity index (χ4n) is 2.02. The molecular weight excluding hydrogens is 237 g/mol. The second-order valence-corrected chi connectivity index (χ2v) is 4.48. The van der Waals surface area contributed by atoms with Gasteiger partial charge in [-0.2, -0.15) is 0 Å². The van der Waals surface area contributed by atoms with Gasteiger partial charge in [0.15, 0.2) is 0 Å². The Balaban J connectivity index is 2.10. The molecule has 1 aromatic carbocycles. The van der Waals surface area contributed by atoms with Gasteiger partial charge in [-0.25, -0.2) is 4.39 Å². The molecule has 1 N–H and O–H groups in total. The number of morpholine rings is 1. The standard InChI is InChI=1S/C13H16FNO3/c1-9-2-3-10(6-11(9)14)7-15-4-5-18-8-12(15)13(16)17/h2-3,6,12H,4-5,7-8H2,1H3,(H,16,17). The van der Waals surface area contributed by atoms with Crippen molar-refractivity contribution in [3.63, 3.8) is 0 Å².